The fourth-order valence-electron chi connectivity index (χ4n) is 4.51. The van der Waals surface area contributed by atoms with E-state index in [9.17, 15) is 13.2 Å². The van der Waals surface area contributed by atoms with E-state index in [-0.39, 0.29) is 17.9 Å². The molecule has 0 spiro atoms. The van der Waals surface area contributed by atoms with Crippen LogP contribution in [0.5, 0.6) is 0 Å². The maximum atomic E-state index is 13.0. The number of anilines is 1. The number of carbonyl (C=O) groups excluding carboxylic acids is 1. The molecule has 3 aliphatic rings. The van der Waals surface area contributed by atoms with Gasteiger partial charge in [-0.3, -0.25) is 4.79 Å². The second-order valence-corrected chi connectivity index (χ2v) is 9.36. The number of aryl methyl sites for hydroxylation is 1. The normalized spacial score (nSPS) is 24.3. The first-order chi connectivity index (χ1) is 12.0. The van der Waals surface area contributed by atoms with E-state index < -0.39 is 10.0 Å². The highest BCUT2D eigenvalue weighted by molar-refractivity contribution is 7.89. The van der Waals surface area contributed by atoms with Crippen LogP contribution in [-0.2, 0) is 21.2 Å². The molecule has 2 heterocycles. The highest BCUT2D eigenvalue weighted by Crippen LogP contribution is 2.43. The van der Waals surface area contributed by atoms with E-state index >= 15 is 0 Å². The third-order valence-corrected chi connectivity index (χ3v) is 7.38. The number of amides is 1. The summed E-state index contributed by atoms with van der Waals surface area (Å²) in [6, 6.07) is 3.55. The second-order valence-electron chi connectivity index (χ2n) is 7.65. The van der Waals surface area contributed by atoms with Gasteiger partial charge in [0.25, 0.3) is 0 Å². The maximum Gasteiger partial charge on any atom is 0.240 e. The van der Waals surface area contributed by atoms with Crippen molar-refractivity contribution in [3.8, 4) is 0 Å². The average molecular weight is 362 g/mol. The van der Waals surface area contributed by atoms with E-state index in [1.165, 1.54) is 12.8 Å². The van der Waals surface area contributed by atoms with E-state index in [4.69, 9.17) is 0 Å². The Hall–Kier alpha value is -1.40. The Morgan fingerprint density at radius 2 is 1.80 bits per heavy atom. The van der Waals surface area contributed by atoms with Gasteiger partial charge in [0.2, 0.25) is 15.9 Å². The molecule has 0 aromatic heterocycles. The number of nitrogens with one attached hydrogen (secondary N) is 1. The van der Waals surface area contributed by atoms with Crippen LogP contribution in [0.3, 0.4) is 0 Å². The molecule has 2 aliphatic heterocycles. The quantitative estimate of drug-likeness (QED) is 0.840. The molecule has 1 atom stereocenters. The van der Waals surface area contributed by atoms with Gasteiger partial charge in [-0.05, 0) is 55.9 Å². The Kier molecular flexibility index (Phi) is 4.36. The van der Waals surface area contributed by atoms with Crippen LogP contribution in [0.4, 0.5) is 5.69 Å². The molecule has 0 unspecified atom stereocenters. The van der Waals surface area contributed by atoms with E-state index in [1.807, 2.05) is 11.8 Å². The van der Waals surface area contributed by atoms with Gasteiger partial charge in [-0.25, -0.2) is 13.1 Å². The molecule has 1 N–H and O–H groups in total. The van der Waals surface area contributed by atoms with Crippen LogP contribution in [0.2, 0.25) is 0 Å². The predicted molar refractivity (Wildman–Crippen MR) is 97.3 cm³/mol. The minimum absolute atomic E-state index is 0.0349. The summed E-state index contributed by atoms with van der Waals surface area (Å²) in [6.07, 6.45) is 8.12. The topological polar surface area (TPSA) is 66.5 Å². The zero-order chi connectivity index (χ0) is 17.6. The van der Waals surface area contributed by atoms with Crippen molar-refractivity contribution in [3.05, 3.63) is 23.3 Å². The Morgan fingerprint density at radius 3 is 2.52 bits per heavy atom. The monoisotopic (exact) mass is 362 g/mol. The number of hydrogen-bond donors (Lipinski definition) is 1. The van der Waals surface area contributed by atoms with Crippen LogP contribution in [0.1, 0.15) is 68.9 Å². The Morgan fingerprint density at radius 1 is 1.08 bits per heavy atom. The van der Waals surface area contributed by atoms with Gasteiger partial charge in [-0.15, -0.1) is 0 Å². The van der Waals surface area contributed by atoms with Crippen molar-refractivity contribution >= 4 is 21.6 Å². The van der Waals surface area contributed by atoms with Gasteiger partial charge in [0, 0.05) is 12.6 Å². The molecule has 136 valence electrons. The van der Waals surface area contributed by atoms with Crippen LogP contribution in [0.25, 0.3) is 0 Å². The maximum absolute atomic E-state index is 13.0. The lowest BCUT2D eigenvalue weighted by molar-refractivity contribution is -0.119. The molecule has 1 aromatic rings. The molecule has 0 radical (unpaired) electrons. The number of hydrogen-bond acceptors (Lipinski definition) is 3. The minimum atomic E-state index is -3.54. The van der Waals surface area contributed by atoms with Crippen LogP contribution in [0.15, 0.2) is 17.0 Å². The Labute approximate surface area is 149 Å². The van der Waals surface area contributed by atoms with Gasteiger partial charge in [-0.1, -0.05) is 25.7 Å². The number of benzene rings is 1. The van der Waals surface area contributed by atoms with E-state index in [0.29, 0.717) is 4.90 Å². The number of carbonyl (C=O) groups is 1. The van der Waals surface area contributed by atoms with E-state index in [2.05, 4.69) is 4.72 Å². The smallest absolute Gasteiger partial charge is 0.240 e. The van der Waals surface area contributed by atoms with E-state index in [0.717, 1.165) is 61.9 Å². The summed E-state index contributed by atoms with van der Waals surface area (Å²) < 4.78 is 28.8. The Balaban J connectivity index is 1.68. The highest BCUT2D eigenvalue weighted by Gasteiger charge is 2.39. The van der Waals surface area contributed by atoms with E-state index in [1.54, 1.807) is 12.1 Å². The fraction of sp³-hybridized carbons (Fsp3) is 0.632. The van der Waals surface area contributed by atoms with Crippen LogP contribution in [-0.4, -0.2) is 26.9 Å². The molecule has 5 nitrogen and oxygen atoms in total. The van der Waals surface area contributed by atoms with Gasteiger partial charge in [0.1, 0.15) is 0 Å². The summed E-state index contributed by atoms with van der Waals surface area (Å²) in [4.78, 5) is 14.6. The molecule has 1 amide bonds. The molecule has 1 fully saturated rings. The van der Waals surface area contributed by atoms with Gasteiger partial charge in [0.15, 0.2) is 0 Å². The zero-order valence-corrected chi connectivity index (χ0v) is 15.6. The summed E-state index contributed by atoms with van der Waals surface area (Å²) >= 11 is 0. The van der Waals surface area contributed by atoms with Gasteiger partial charge in [-0.2, -0.15) is 0 Å². The van der Waals surface area contributed by atoms with Crippen molar-refractivity contribution < 1.29 is 13.2 Å². The first-order valence-corrected chi connectivity index (χ1v) is 11.0. The first kappa shape index (κ1) is 17.0. The Bertz CT molecular complexity index is 795. The fourth-order valence-corrected chi connectivity index (χ4v) is 5.90. The lowest BCUT2D eigenvalue weighted by Crippen LogP contribution is -2.35. The molecule has 25 heavy (non-hydrogen) atoms. The summed E-state index contributed by atoms with van der Waals surface area (Å²) in [6.45, 7) is 2.63. The molecule has 1 saturated carbocycles. The second kappa shape index (κ2) is 6.40. The minimum Gasteiger partial charge on any atom is -0.311 e. The number of rotatable bonds is 3. The molecule has 0 saturated heterocycles. The van der Waals surface area contributed by atoms with Crippen molar-refractivity contribution in [3.63, 3.8) is 0 Å². The molecule has 4 rings (SSSR count). The summed E-state index contributed by atoms with van der Waals surface area (Å²) in [7, 11) is -3.54. The lowest BCUT2D eigenvalue weighted by atomic mass is 9.97. The highest BCUT2D eigenvalue weighted by atomic mass is 32.2. The number of nitrogens with zero attached hydrogens (tertiary/aromatic N) is 1. The molecule has 1 aliphatic carbocycles. The molecule has 6 heteroatoms. The van der Waals surface area contributed by atoms with Crippen molar-refractivity contribution in [1.29, 1.82) is 0 Å². The summed E-state index contributed by atoms with van der Waals surface area (Å²) in [5.74, 6) is -0.151. The first-order valence-electron chi connectivity index (χ1n) is 9.48. The van der Waals surface area contributed by atoms with Crippen LogP contribution < -0.4 is 9.62 Å². The standard InChI is InChI=1S/C19H26N2O3S/c1-13-17-12-16(11-14-7-6-10-21(18(14)17)19(13)22)25(23,24)20-15-8-4-2-3-5-9-15/h11-13,15,20H,2-10H2,1H3/t13-/m0/s1. The molecular formula is C19H26N2O3S. The van der Waals surface area contributed by atoms with Gasteiger partial charge >= 0.3 is 0 Å². The summed E-state index contributed by atoms with van der Waals surface area (Å²) in [5.41, 5.74) is 2.85. The van der Waals surface area contributed by atoms with Crippen LogP contribution >= 0.6 is 0 Å². The van der Waals surface area contributed by atoms with Crippen molar-refractivity contribution in [1.82, 2.24) is 4.72 Å². The third-order valence-electron chi connectivity index (χ3n) is 5.88. The van der Waals surface area contributed by atoms with Gasteiger partial charge in [0.05, 0.1) is 16.5 Å². The predicted octanol–water partition coefficient (Wildman–Crippen LogP) is 3.08. The van der Waals surface area contributed by atoms with Crippen molar-refractivity contribution in [2.75, 3.05) is 11.4 Å². The molecular weight excluding hydrogens is 336 g/mol. The molecule has 1 aromatic carbocycles. The van der Waals surface area contributed by atoms with Crippen molar-refractivity contribution in [2.24, 2.45) is 0 Å². The largest absolute Gasteiger partial charge is 0.311 e. The third kappa shape index (κ3) is 2.99. The van der Waals surface area contributed by atoms with Crippen molar-refractivity contribution in [2.45, 2.75) is 75.1 Å². The zero-order valence-electron chi connectivity index (χ0n) is 14.8. The molecule has 0 bridgehead atoms. The lowest BCUT2D eigenvalue weighted by Gasteiger charge is -2.26. The van der Waals surface area contributed by atoms with Crippen LogP contribution in [0, 0.1) is 0 Å². The SMILES string of the molecule is C[C@@H]1C(=O)N2CCCc3cc(S(=O)(=O)NC4CCCCCC4)cc1c32. The summed E-state index contributed by atoms with van der Waals surface area (Å²) in [5, 5.41) is 0. The van der Waals surface area contributed by atoms with Gasteiger partial charge < -0.3 is 4.90 Å². The average Bonchev–Trinajstić information content (AvgIpc) is 2.77. The number of sulfonamides is 1.